The molecule has 1 unspecified atom stereocenters. The third kappa shape index (κ3) is 4.37. The summed E-state index contributed by atoms with van der Waals surface area (Å²) in [5, 5.41) is 12.8. The molecular weight excluding hydrogens is 358 g/mol. The van der Waals surface area contributed by atoms with Crippen LogP contribution in [0.4, 0.5) is 5.69 Å². The second kappa shape index (κ2) is 8.74. The number of ether oxygens (including phenoxy) is 1. The highest BCUT2D eigenvalue weighted by Gasteiger charge is 2.28. The van der Waals surface area contributed by atoms with Crippen LogP contribution in [0.2, 0.25) is 0 Å². The zero-order chi connectivity index (χ0) is 20.1. The van der Waals surface area contributed by atoms with Crippen LogP contribution in [0, 0.1) is 6.92 Å². The van der Waals surface area contributed by atoms with E-state index >= 15 is 0 Å². The van der Waals surface area contributed by atoms with Crippen LogP contribution in [0.3, 0.4) is 0 Å². The number of nitrogens with one attached hydrogen (secondary N) is 1. The van der Waals surface area contributed by atoms with Gasteiger partial charge in [-0.15, -0.1) is 0 Å². The summed E-state index contributed by atoms with van der Waals surface area (Å²) < 4.78 is 5.51. The molecule has 4 nitrogen and oxygen atoms in total. The third-order valence-corrected chi connectivity index (χ3v) is 5.03. The molecule has 0 aromatic heterocycles. The van der Waals surface area contributed by atoms with Crippen molar-refractivity contribution in [1.29, 1.82) is 0 Å². The SMILES string of the molecule is CCOc1ccc(N=NC2=C(c3ccccc3)NCC2c2ccc(C)cc2)cc1. The maximum Gasteiger partial charge on any atom is 0.119 e. The first-order valence-electron chi connectivity index (χ1n) is 9.99. The molecule has 0 saturated carbocycles. The van der Waals surface area contributed by atoms with E-state index in [0.29, 0.717) is 6.61 Å². The van der Waals surface area contributed by atoms with E-state index in [1.807, 2.05) is 49.4 Å². The van der Waals surface area contributed by atoms with Crippen LogP contribution < -0.4 is 10.1 Å². The molecule has 0 aliphatic carbocycles. The minimum atomic E-state index is 0.164. The summed E-state index contributed by atoms with van der Waals surface area (Å²) in [7, 11) is 0. The van der Waals surface area contributed by atoms with Gasteiger partial charge in [-0.3, -0.25) is 0 Å². The second-order valence-corrected chi connectivity index (χ2v) is 7.10. The number of nitrogens with zero attached hydrogens (tertiary/aromatic N) is 2. The molecule has 29 heavy (non-hydrogen) atoms. The van der Waals surface area contributed by atoms with Crippen LogP contribution in [-0.4, -0.2) is 13.2 Å². The van der Waals surface area contributed by atoms with Crippen molar-refractivity contribution >= 4 is 11.4 Å². The lowest BCUT2D eigenvalue weighted by Crippen LogP contribution is -2.10. The molecule has 0 saturated heterocycles. The predicted octanol–water partition coefficient (Wildman–Crippen LogP) is 6.23. The molecule has 0 fully saturated rings. The summed E-state index contributed by atoms with van der Waals surface area (Å²) in [4.78, 5) is 0. The van der Waals surface area contributed by atoms with E-state index in [-0.39, 0.29) is 5.92 Å². The van der Waals surface area contributed by atoms with Gasteiger partial charge in [0.2, 0.25) is 0 Å². The van der Waals surface area contributed by atoms with E-state index in [4.69, 9.17) is 9.85 Å². The molecule has 4 rings (SSSR count). The second-order valence-electron chi connectivity index (χ2n) is 7.10. The van der Waals surface area contributed by atoms with E-state index in [2.05, 4.69) is 53.8 Å². The van der Waals surface area contributed by atoms with Gasteiger partial charge in [-0.25, -0.2) is 0 Å². The van der Waals surface area contributed by atoms with E-state index < -0.39 is 0 Å². The smallest absolute Gasteiger partial charge is 0.119 e. The number of aryl methyl sites for hydroxylation is 1. The van der Waals surface area contributed by atoms with E-state index in [9.17, 15) is 0 Å². The molecule has 146 valence electrons. The van der Waals surface area contributed by atoms with Crippen molar-refractivity contribution in [2.75, 3.05) is 13.2 Å². The van der Waals surface area contributed by atoms with Crippen LogP contribution in [0.5, 0.6) is 5.75 Å². The standard InChI is InChI=1S/C25H25N3O/c1-3-29-22-15-13-21(14-16-22)27-28-25-23(19-11-9-18(2)10-12-19)17-26-24(25)20-7-5-4-6-8-20/h4-16,23,26H,3,17H2,1-2H3. The fraction of sp³-hybridized carbons (Fsp3) is 0.200. The van der Waals surface area contributed by atoms with Gasteiger partial charge in [0.1, 0.15) is 5.75 Å². The summed E-state index contributed by atoms with van der Waals surface area (Å²) in [6.45, 7) is 5.54. The predicted molar refractivity (Wildman–Crippen MR) is 117 cm³/mol. The van der Waals surface area contributed by atoms with Gasteiger partial charge in [-0.05, 0) is 49.2 Å². The van der Waals surface area contributed by atoms with Gasteiger partial charge in [0, 0.05) is 12.5 Å². The van der Waals surface area contributed by atoms with Crippen molar-refractivity contribution < 1.29 is 4.74 Å². The zero-order valence-corrected chi connectivity index (χ0v) is 16.8. The van der Waals surface area contributed by atoms with E-state index in [1.165, 1.54) is 11.1 Å². The average molecular weight is 383 g/mol. The van der Waals surface area contributed by atoms with Crippen molar-refractivity contribution in [1.82, 2.24) is 5.32 Å². The Bertz CT molecular complexity index is 1010. The Morgan fingerprint density at radius 3 is 2.31 bits per heavy atom. The normalized spacial score (nSPS) is 16.3. The lowest BCUT2D eigenvalue weighted by Gasteiger charge is -2.11. The first kappa shape index (κ1) is 18.9. The van der Waals surface area contributed by atoms with Gasteiger partial charge < -0.3 is 10.1 Å². The monoisotopic (exact) mass is 383 g/mol. The lowest BCUT2D eigenvalue weighted by molar-refractivity contribution is 0.340. The Labute approximate surface area is 172 Å². The molecule has 1 aliphatic rings. The largest absolute Gasteiger partial charge is 0.494 e. The lowest BCUT2D eigenvalue weighted by atomic mass is 9.95. The molecule has 1 aliphatic heterocycles. The Morgan fingerprint density at radius 2 is 1.62 bits per heavy atom. The molecule has 0 spiro atoms. The summed E-state index contributed by atoms with van der Waals surface area (Å²) in [5.41, 5.74) is 6.45. The summed E-state index contributed by atoms with van der Waals surface area (Å²) >= 11 is 0. The number of azo groups is 1. The molecule has 0 bridgehead atoms. The van der Waals surface area contributed by atoms with Crippen LogP contribution in [0.15, 0.2) is 94.8 Å². The topological polar surface area (TPSA) is 46.0 Å². The zero-order valence-electron chi connectivity index (χ0n) is 16.8. The minimum Gasteiger partial charge on any atom is -0.494 e. The number of rotatable bonds is 6. The highest BCUT2D eigenvalue weighted by atomic mass is 16.5. The van der Waals surface area contributed by atoms with Gasteiger partial charge in [-0.2, -0.15) is 10.2 Å². The van der Waals surface area contributed by atoms with Gasteiger partial charge in [0.25, 0.3) is 0 Å². The summed E-state index contributed by atoms with van der Waals surface area (Å²) in [5.74, 6) is 1.01. The van der Waals surface area contributed by atoms with Gasteiger partial charge in [0.15, 0.2) is 0 Å². The molecule has 1 atom stereocenters. The molecule has 1 heterocycles. The Morgan fingerprint density at radius 1 is 0.897 bits per heavy atom. The number of hydrogen-bond donors (Lipinski definition) is 1. The molecular formula is C25H25N3O. The molecule has 4 heteroatoms. The Kier molecular flexibility index (Phi) is 5.71. The van der Waals surface area contributed by atoms with Crippen LogP contribution in [0.25, 0.3) is 5.70 Å². The highest BCUT2D eigenvalue weighted by Crippen LogP contribution is 2.36. The molecule has 3 aromatic rings. The highest BCUT2D eigenvalue weighted by molar-refractivity contribution is 5.71. The number of benzene rings is 3. The maximum absolute atomic E-state index is 5.51. The van der Waals surface area contributed by atoms with E-state index in [0.717, 1.165) is 34.9 Å². The van der Waals surface area contributed by atoms with Crippen molar-refractivity contribution in [2.45, 2.75) is 19.8 Å². The quantitative estimate of drug-likeness (QED) is 0.513. The van der Waals surface area contributed by atoms with Crippen LogP contribution in [0.1, 0.15) is 29.5 Å². The Balaban J connectivity index is 1.69. The number of hydrogen-bond acceptors (Lipinski definition) is 4. The average Bonchev–Trinajstić information content (AvgIpc) is 3.18. The third-order valence-electron chi connectivity index (χ3n) is 5.03. The van der Waals surface area contributed by atoms with E-state index in [1.54, 1.807) is 0 Å². The van der Waals surface area contributed by atoms with Crippen LogP contribution >= 0.6 is 0 Å². The molecule has 0 amide bonds. The van der Waals surface area contributed by atoms with Crippen LogP contribution in [-0.2, 0) is 0 Å². The summed E-state index contributed by atoms with van der Waals surface area (Å²) in [6.07, 6.45) is 0. The molecule has 0 radical (unpaired) electrons. The maximum atomic E-state index is 5.51. The minimum absolute atomic E-state index is 0.164. The van der Waals surface area contributed by atoms with Crippen molar-refractivity contribution in [3.8, 4) is 5.75 Å². The first-order chi connectivity index (χ1) is 14.2. The van der Waals surface area contributed by atoms with Gasteiger partial charge >= 0.3 is 0 Å². The van der Waals surface area contributed by atoms with Crippen molar-refractivity contribution in [2.24, 2.45) is 10.2 Å². The molecule has 1 N–H and O–H groups in total. The van der Waals surface area contributed by atoms with Gasteiger partial charge in [-0.1, -0.05) is 60.2 Å². The fourth-order valence-corrected chi connectivity index (χ4v) is 3.50. The van der Waals surface area contributed by atoms with Gasteiger partial charge in [0.05, 0.1) is 23.7 Å². The molecule has 3 aromatic carbocycles. The van der Waals surface area contributed by atoms with Crippen molar-refractivity contribution in [3.05, 3.63) is 101 Å². The fourth-order valence-electron chi connectivity index (χ4n) is 3.50. The Hall–Kier alpha value is -3.40. The summed E-state index contributed by atoms with van der Waals surface area (Å²) in [6, 6.07) is 26.7. The first-order valence-corrected chi connectivity index (χ1v) is 9.99. The van der Waals surface area contributed by atoms with Crippen molar-refractivity contribution in [3.63, 3.8) is 0 Å².